The third-order valence-electron chi connectivity index (χ3n) is 7.59. The number of pyridine rings is 1. The molecule has 37 heavy (non-hydrogen) atoms. The maximum absolute atomic E-state index is 13.9. The van der Waals surface area contributed by atoms with Crippen LogP contribution in [0.25, 0.3) is 28.3 Å². The lowest BCUT2D eigenvalue weighted by atomic mass is 9.85. The van der Waals surface area contributed by atoms with E-state index in [1.54, 1.807) is 29.7 Å². The van der Waals surface area contributed by atoms with E-state index in [1.807, 2.05) is 12.1 Å². The highest BCUT2D eigenvalue weighted by molar-refractivity contribution is 6.00. The summed E-state index contributed by atoms with van der Waals surface area (Å²) >= 11 is 0. The van der Waals surface area contributed by atoms with E-state index in [0.29, 0.717) is 41.3 Å². The Kier molecular flexibility index (Phi) is 5.50. The van der Waals surface area contributed by atoms with E-state index in [1.165, 1.54) is 18.4 Å². The molecule has 2 fully saturated rings. The van der Waals surface area contributed by atoms with Gasteiger partial charge in [0, 0.05) is 47.7 Å². The number of anilines is 1. The van der Waals surface area contributed by atoms with Crippen LogP contribution in [0, 0.1) is 0 Å². The third-order valence-corrected chi connectivity index (χ3v) is 7.59. The number of ketones is 1. The van der Waals surface area contributed by atoms with Crippen molar-refractivity contribution in [2.45, 2.75) is 63.7 Å². The molecule has 1 unspecified atom stereocenters. The van der Waals surface area contributed by atoms with Gasteiger partial charge < -0.3 is 15.6 Å². The molecule has 0 aromatic carbocycles. The van der Waals surface area contributed by atoms with Gasteiger partial charge in [-0.05, 0) is 45.6 Å². The van der Waals surface area contributed by atoms with Crippen molar-refractivity contribution in [3.8, 4) is 22.6 Å². The minimum absolute atomic E-state index is 0.0729. The second kappa shape index (κ2) is 8.75. The molecule has 0 aliphatic carbocycles. The highest BCUT2D eigenvalue weighted by Crippen LogP contribution is 2.45. The van der Waals surface area contributed by atoms with Gasteiger partial charge >= 0.3 is 0 Å². The molecule has 3 N–H and O–H groups in total. The predicted octanol–water partition coefficient (Wildman–Crippen LogP) is 3.56. The number of rotatable bonds is 5. The number of nitrogens with zero attached hydrogens (tertiary/aromatic N) is 6. The first kappa shape index (κ1) is 23.3. The van der Waals surface area contributed by atoms with Gasteiger partial charge in [0.05, 0.1) is 17.5 Å². The zero-order valence-corrected chi connectivity index (χ0v) is 20.6. The lowest BCUT2D eigenvalue weighted by Gasteiger charge is -2.39. The number of carbonyl (C=O) groups is 2. The van der Waals surface area contributed by atoms with Crippen molar-refractivity contribution in [1.29, 1.82) is 0 Å². The zero-order valence-electron chi connectivity index (χ0n) is 20.6. The summed E-state index contributed by atoms with van der Waals surface area (Å²) < 4.78 is 15.4. The summed E-state index contributed by atoms with van der Waals surface area (Å²) in [5.74, 6) is 0.187. The smallest absolute Gasteiger partial charge is 0.257 e. The molecule has 2 aliphatic rings. The standard InChI is InChI=1S/C26H27FN8O2/c1-13(27)26(37)34-17-4-5-18(34)10-16(9-17)22-21(14(2)36)23(28)35-25(33-22)19(12-32-35)15-3-6-20(31-11-15)24-29-7-8-30-24/h3,6-8,11-13,16-18H,4-5,9-10,28H2,1-2H3,(H,29,30)/t13?,16-,17-,18+. The van der Waals surface area contributed by atoms with Crippen molar-refractivity contribution in [2.24, 2.45) is 0 Å². The summed E-state index contributed by atoms with van der Waals surface area (Å²) in [5, 5.41) is 4.43. The fraction of sp³-hybridized carbons (Fsp3) is 0.385. The number of piperidine rings is 1. The van der Waals surface area contributed by atoms with E-state index in [2.05, 4.69) is 20.1 Å². The van der Waals surface area contributed by atoms with Crippen LogP contribution in [-0.4, -0.2) is 64.4 Å². The monoisotopic (exact) mass is 502 g/mol. The minimum Gasteiger partial charge on any atom is -0.383 e. The maximum Gasteiger partial charge on any atom is 0.257 e. The highest BCUT2D eigenvalue weighted by Gasteiger charge is 2.46. The minimum atomic E-state index is -1.53. The van der Waals surface area contributed by atoms with Crippen LogP contribution in [-0.2, 0) is 4.79 Å². The summed E-state index contributed by atoms with van der Waals surface area (Å²) in [6.07, 6.45) is 8.14. The van der Waals surface area contributed by atoms with Gasteiger partial charge in [-0.15, -0.1) is 0 Å². The topological polar surface area (TPSA) is 135 Å². The number of imidazole rings is 1. The fourth-order valence-electron chi connectivity index (χ4n) is 5.96. The Bertz CT molecular complexity index is 1480. The largest absolute Gasteiger partial charge is 0.383 e. The number of aromatic nitrogens is 6. The average Bonchev–Trinajstić information content (AvgIpc) is 3.62. The van der Waals surface area contributed by atoms with Crippen molar-refractivity contribution in [3.63, 3.8) is 0 Å². The molecule has 6 rings (SSSR count). The number of fused-ring (bicyclic) bond motifs is 3. The van der Waals surface area contributed by atoms with Gasteiger partial charge in [0.1, 0.15) is 11.5 Å². The number of nitrogen functional groups attached to an aromatic ring is 1. The van der Waals surface area contributed by atoms with Gasteiger partial charge in [-0.25, -0.2) is 14.4 Å². The first-order chi connectivity index (χ1) is 17.8. The van der Waals surface area contributed by atoms with Gasteiger partial charge in [-0.1, -0.05) is 6.07 Å². The molecule has 0 spiro atoms. The Labute approximate surface area is 212 Å². The van der Waals surface area contributed by atoms with Gasteiger partial charge in [0.15, 0.2) is 23.4 Å². The predicted molar refractivity (Wildman–Crippen MR) is 134 cm³/mol. The molecule has 1 amide bonds. The first-order valence-corrected chi connectivity index (χ1v) is 12.4. The number of Topliss-reactive ketones (excluding diaryl/α,β-unsaturated/α-hetero) is 1. The van der Waals surface area contributed by atoms with Crippen LogP contribution in [0.1, 0.15) is 61.5 Å². The van der Waals surface area contributed by atoms with Crippen LogP contribution in [0.5, 0.6) is 0 Å². The van der Waals surface area contributed by atoms with E-state index in [-0.39, 0.29) is 29.6 Å². The molecule has 10 nitrogen and oxygen atoms in total. The molecule has 4 atom stereocenters. The third kappa shape index (κ3) is 3.76. The summed E-state index contributed by atoms with van der Waals surface area (Å²) in [6.45, 7) is 2.76. The molecule has 4 aromatic rings. The van der Waals surface area contributed by atoms with Crippen LogP contribution in [0.15, 0.2) is 36.9 Å². The van der Waals surface area contributed by atoms with Crippen molar-refractivity contribution < 1.29 is 14.0 Å². The van der Waals surface area contributed by atoms with Gasteiger partial charge in [-0.2, -0.15) is 9.61 Å². The van der Waals surface area contributed by atoms with E-state index < -0.39 is 12.1 Å². The second-order valence-corrected chi connectivity index (χ2v) is 9.89. The number of carbonyl (C=O) groups excluding carboxylic acids is 2. The number of aromatic amines is 1. The number of hydrogen-bond donors (Lipinski definition) is 2. The number of H-pyrrole nitrogens is 1. The van der Waals surface area contributed by atoms with Crippen LogP contribution in [0.4, 0.5) is 10.2 Å². The summed E-state index contributed by atoms with van der Waals surface area (Å²) in [7, 11) is 0. The normalized spacial score (nSPS) is 21.9. The maximum atomic E-state index is 13.9. The zero-order chi connectivity index (χ0) is 25.8. The van der Waals surface area contributed by atoms with E-state index in [4.69, 9.17) is 10.7 Å². The molecule has 11 heteroatoms. The molecule has 2 bridgehead atoms. The van der Waals surface area contributed by atoms with E-state index >= 15 is 0 Å². The molecular formula is C26H27FN8O2. The van der Waals surface area contributed by atoms with Crippen LogP contribution >= 0.6 is 0 Å². The van der Waals surface area contributed by atoms with Gasteiger partial charge in [0.25, 0.3) is 5.91 Å². The van der Waals surface area contributed by atoms with Gasteiger partial charge in [0.2, 0.25) is 0 Å². The number of halogens is 1. The van der Waals surface area contributed by atoms with E-state index in [0.717, 1.165) is 24.0 Å². The molecule has 190 valence electrons. The average molecular weight is 503 g/mol. The summed E-state index contributed by atoms with van der Waals surface area (Å²) in [4.78, 5) is 43.7. The molecular weight excluding hydrogens is 475 g/mol. The Balaban J connectivity index is 1.41. The number of alkyl halides is 1. The van der Waals surface area contributed by atoms with Gasteiger partial charge in [-0.3, -0.25) is 14.6 Å². The van der Waals surface area contributed by atoms with Crippen molar-refractivity contribution >= 4 is 23.2 Å². The fourth-order valence-corrected chi connectivity index (χ4v) is 5.96. The molecule has 6 heterocycles. The lowest BCUT2D eigenvalue weighted by Crippen LogP contribution is -2.48. The van der Waals surface area contributed by atoms with Crippen molar-refractivity contribution in [1.82, 2.24) is 34.4 Å². The highest BCUT2D eigenvalue weighted by atomic mass is 19.1. The molecule has 2 aliphatic heterocycles. The van der Waals surface area contributed by atoms with Crippen LogP contribution in [0.2, 0.25) is 0 Å². The number of nitrogens with two attached hydrogens (primary N) is 1. The quantitative estimate of drug-likeness (QED) is 0.398. The van der Waals surface area contributed by atoms with E-state index in [9.17, 15) is 14.0 Å². The lowest BCUT2D eigenvalue weighted by molar-refractivity contribution is -0.140. The first-order valence-electron chi connectivity index (χ1n) is 12.4. The SMILES string of the molecule is CC(=O)c1c([C@@H]2C[C@H]3CC[C@@H](C2)N3C(=O)C(C)F)nc2c(-c3ccc(-c4ncc[nH]4)nc3)cnn2c1N. The second-order valence-electron chi connectivity index (χ2n) is 9.89. The molecule has 0 radical (unpaired) electrons. The Hall–Kier alpha value is -4.15. The molecule has 0 saturated carbocycles. The Morgan fingerprint density at radius 1 is 1.16 bits per heavy atom. The number of amides is 1. The van der Waals surface area contributed by atoms with Crippen LogP contribution in [0.3, 0.4) is 0 Å². The van der Waals surface area contributed by atoms with Crippen molar-refractivity contribution in [2.75, 3.05) is 5.73 Å². The Morgan fingerprint density at radius 3 is 2.51 bits per heavy atom. The number of nitrogens with one attached hydrogen (secondary N) is 1. The Morgan fingerprint density at radius 2 is 1.92 bits per heavy atom. The van der Waals surface area contributed by atoms with Crippen molar-refractivity contribution in [3.05, 3.63) is 48.2 Å². The summed E-state index contributed by atoms with van der Waals surface area (Å²) in [5.41, 5.74) is 10.3. The molecule has 2 saturated heterocycles. The molecule has 4 aromatic heterocycles. The summed E-state index contributed by atoms with van der Waals surface area (Å²) in [6, 6.07) is 3.63. The van der Waals surface area contributed by atoms with Crippen LogP contribution < -0.4 is 5.73 Å². The number of hydrogen-bond acceptors (Lipinski definition) is 7.